The van der Waals surface area contributed by atoms with E-state index in [1.165, 1.54) is 7.11 Å². The molecule has 110 valence electrons. The Morgan fingerprint density at radius 1 is 1.62 bits per heavy atom. The third-order valence-electron chi connectivity index (χ3n) is 3.94. The first-order valence-corrected chi connectivity index (χ1v) is 7.16. The van der Waals surface area contributed by atoms with Gasteiger partial charge in [-0.2, -0.15) is 0 Å². The number of azide groups is 1. The van der Waals surface area contributed by atoms with Crippen LogP contribution in [0.1, 0.15) is 28.3 Å². The van der Waals surface area contributed by atoms with Crippen LogP contribution >= 0.6 is 15.9 Å². The van der Waals surface area contributed by atoms with Crippen LogP contribution < -0.4 is 4.74 Å². The lowest BCUT2D eigenvalue weighted by atomic mass is 9.93. The molecular formula is C13H12BrN3O4. The maximum Gasteiger partial charge on any atom is 0.341 e. The number of carbonyl (C=O) groups is 1. The summed E-state index contributed by atoms with van der Waals surface area (Å²) in [6.45, 7) is 0. The highest BCUT2D eigenvalue weighted by Crippen LogP contribution is 2.50. The number of nitrogens with zero attached hydrogens (tertiary/aromatic N) is 3. The number of halogens is 1. The van der Waals surface area contributed by atoms with Gasteiger partial charge in [-0.25, -0.2) is 4.79 Å². The van der Waals surface area contributed by atoms with Crippen LogP contribution in [-0.4, -0.2) is 36.4 Å². The van der Waals surface area contributed by atoms with Crippen molar-refractivity contribution in [2.24, 2.45) is 5.11 Å². The average molecular weight is 354 g/mol. The fourth-order valence-corrected chi connectivity index (χ4v) is 3.58. The molecule has 0 aromatic heterocycles. The summed E-state index contributed by atoms with van der Waals surface area (Å²) in [6, 6.07) is 2.86. The third-order valence-corrected chi connectivity index (χ3v) is 4.40. The van der Waals surface area contributed by atoms with E-state index in [-0.39, 0.29) is 12.0 Å². The smallest absolute Gasteiger partial charge is 0.341 e. The number of aliphatic hydroxyl groups is 1. The molecule has 1 saturated carbocycles. The minimum Gasteiger partial charge on any atom is -0.488 e. The zero-order chi connectivity index (χ0) is 15.1. The van der Waals surface area contributed by atoms with Gasteiger partial charge in [-0.3, -0.25) is 0 Å². The SMILES string of the molecule is COC(=O)c1cc(Br)cc2c1O[C@@H]1C[C@H](O)[C@@H](N=[N+]=[N-])[C@H]21. The van der Waals surface area contributed by atoms with Crippen molar-refractivity contribution in [3.63, 3.8) is 0 Å². The van der Waals surface area contributed by atoms with E-state index in [4.69, 9.17) is 15.0 Å². The van der Waals surface area contributed by atoms with E-state index in [0.29, 0.717) is 22.2 Å². The first-order valence-electron chi connectivity index (χ1n) is 6.37. The number of esters is 1. The van der Waals surface area contributed by atoms with Crippen molar-refractivity contribution in [2.45, 2.75) is 30.6 Å². The molecule has 1 aromatic rings. The molecule has 4 atom stereocenters. The maximum atomic E-state index is 11.9. The van der Waals surface area contributed by atoms with Gasteiger partial charge in [0.15, 0.2) is 0 Å². The number of rotatable bonds is 2. The number of hydrogen-bond acceptors (Lipinski definition) is 5. The minimum absolute atomic E-state index is 0.258. The summed E-state index contributed by atoms with van der Waals surface area (Å²) in [5.41, 5.74) is 9.75. The zero-order valence-electron chi connectivity index (χ0n) is 11.1. The van der Waals surface area contributed by atoms with Gasteiger partial charge >= 0.3 is 5.97 Å². The molecule has 2 aliphatic rings. The molecule has 1 fully saturated rings. The largest absolute Gasteiger partial charge is 0.488 e. The fourth-order valence-electron chi connectivity index (χ4n) is 3.10. The maximum absolute atomic E-state index is 11.9. The predicted molar refractivity (Wildman–Crippen MR) is 76.2 cm³/mol. The number of methoxy groups -OCH3 is 1. The number of aliphatic hydroxyl groups excluding tert-OH is 1. The van der Waals surface area contributed by atoms with Gasteiger partial charge in [0.2, 0.25) is 0 Å². The Morgan fingerprint density at radius 3 is 3.05 bits per heavy atom. The highest BCUT2D eigenvalue weighted by molar-refractivity contribution is 9.10. The second kappa shape index (κ2) is 5.22. The lowest BCUT2D eigenvalue weighted by Crippen LogP contribution is -2.22. The summed E-state index contributed by atoms with van der Waals surface area (Å²) < 4.78 is 11.3. The Labute approximate surface area is 128 Å². The van der Waals surface area contributed by atoms with Crippen LogP contribution in [0.15, 0.2) is 21.7 Å². The van der Waals surface area contributed by atoms with Crippen molar-refractivity contribution >= 4 is 21.9 Å². The van der Waals surface area contributed by atoms with Gasteiger partial charge in [0, 0.05) is 27.3 Å². The molecule has 0 spiro atoms. The van der Waals surface area contributed by atoms with Gasteiger partial charge in [0.25, 0.3) is 0 Å². The summed E-state index contributed by atoms with van der Waals surface area (Å²) in [6.07, 6.45) is -0.686. The zero-order valence-corrected chi connectivity index (χ0v) is 12.6. The van der Waals surface area contributed by atoms with Crippen LogP contribution in [0.2, 0.25) is 0 Å². The van der Waals surface area contributed by atoms with Gasteiger partial charge in [-0.05, 0) is 17.7 Å². The Balaban J connectivity index is 2.12. The fraction of sp³-hybridized carbons (Fsp3) is 0.462. The van der Waals surface area contributed by atoms with E-state index < -0.39 is 18.1 Å². The van der Waals surface area contributed by atoms with Crippen molar-refractivity contribution in [3.05, 3.63) is 38.2 Å². The van der Waals surface area contributed by atoms with Crippen molar-refractivity contribution in [3.8, 4) is 5.75 Å². The van der Waals surface area contributed by atoms with Crippen molar-refractivity contribution < 1.29 is 19.4 Å². The molecule has 1 N–H and O–H groups in total. The Kier molecular flexibility index (Phi) is 3.52. The number of ether oxygens (including phenoxy) is 2. The molecule has 0 radical (unpaired) electrons. The van der Waals surface area contributed by atoms with Gasteiger partial charge in [0.05, 0.1) is 19.3 Å². The summed E-state index contributed by atoms with van der Waals surface area (Å²) in [5.74, 6) is -0.301. The molecule has 1 aromatic carbocycles. The molecule has 0 saturated heterocycles. The summed E-state index contributed by atoms with van der Waals surface area (Å²) in [5, 5.41) is 13.7. The normalized spacial score (nSPS) is 29.1. The number of benzene rings is 1. The van der Waals surface area contributed by atoms with E-state index in [1.54, 1.807) is 6.07 Å². The molecule has 1 aliphatic carbocycles. The number of hydrogen-bond donors (Lipinski definition) is 1. The Hall–Kier alpha value is -1.76. The second-order valence-electron chi connectivity index (χ2n) is 5.04. The van der Waals surface area contributed by atoms with E-state index in [9.17, 15) is 9.90 Å². The quantitative estimate of drug-likeness (QED) is 0.381. The van der Waals surface area contributed by atoms with E-state index in [1.807, 2.05) is 6.07 Å². The Morgan fingerprint density at radius 2 is 2.38 bits per heavy atom. The van der Waals surface area contributed by atoms with Crippen molar-refractivity contribution in [1.82, 2.24) is 0 Å². The third kappa shape index (κ3) is 2.16. The van der Waals surface area contributed by atoms with Gasteiger partial charge in [-0.15, -0.1) is 0 Å². The molecule has 7 nitrogen and oxygen atoms in total. The van der Waals surface area contributed by atoms with Crippen molar-refractivity contribution in [2.75, 3.05) is 7.11 Å². The molecule has 0 bridgehead atoms. The second-order valence-corrected chi connectivity index (χ2v) is 5.96. The highest BCUT2D eigenvalue weighted by Gasteiger charge is 2.50. The van der Waals surface area contributed by atoms with E-state index in [2.05, 4.69) is 26.0 Å². The monoisotopic (exact) mass is 353 g/mol. The summed E-state index contributed by atoms with van der Waals surface area (Å²) in [7, 11) is 1.30. The Bertz CT molecular complexity index is 659. The first-order chi connectivity index (χ1) is 10.1. The van der Waals surface area contributed by atoms with Gasteiger partial charge < -0.3 is 14.6 Å². The highest BCUT2D eigenvalue weighted by atomic mass is 79.9. The molecule has 0 unspecified atom stereocenters. The van der Waals surface area contributed by atoms with Crippen LogP contribution in [0.25, 0.3) is 10.4 Å². The average Bonchev–Trinajstić information content (AvgIpc) is 2.94. The van der Waals surface area contributed by atoms with Gasteiger partial charge in [0.1, 0.15) is 17.4 Å². The van der Waals surface area contributed by atoms with Crippen LogP contribution in [0, 0.1) is 0 Å². The molecule has 3 rings (SSSR count). The first kappa shape index (κ1) is 14.2. The van der Waals surface area contributed by atoms with Crippen LogP contribution in [0.3, 0.4) is 0 Å². The number of fused-ring (bicyclic) bond motifs is 3. The van der Waals surface area contributed by atoms with Crippen LogP contribution in [0.5, 0.6) is 5.75 Å². The van der Waals surface area contributed by atoms with Gasteiger partial charge in [-0.1, -0.05) is 21.0 Å². The van der Waals surface area contributed by atoms with Crippen molar-refractivity contribution in [1.29, 1.82) is 0 Å². The molecular weight excluding hydrogens is 342 g/mol. The molecule has 0 amide bonds. The van der Waals surface area contributed by atoms with Crippen LogP contribution in [0.4, 0.5) is 0 Å². The molecule has 1 aliphatic heterocycles. The van der Waals surface area contributed by atoms with E-state index >= 15 is 0 Å². The molecule has 8 heteroatoms. The molecule has 1 heterocycles. The van der Waals surface area contributed by atoms with E-state index in [0.717, 1.165) is 5.56 Å². The molecule has 21 heavy (non-hydrogen) atoms. The van der Waals surface area contributed by atoms with Crippen LogP contribution in [-0.2, 0) is 4.74 Å². The lowest BCUT2D eigenvalue weighted by Gasteiger charge is -2.15. The standard InChI is InChI=1S/C13H12BrN3O4/c1-20-13(19)7-3-5(14)2-6-10-9(21-12(6)7)4-8(18)11(10)16-17-15/h2-3,8-11,18H,4H2,1H3/t8-,9+,10+,11+/m0/s1. The summed E-state index contributed by atoms with van der Waals surface area (Å²) >= 11 is 3.36. The topological polar surface area (TPSA) is 105 Å². The number of carbonyl (C=O) groups excluding carboxylic acids is 1. The lowest BCUT2D eigenvalue weighted by molar-refractivity contribution is 0.0594. The summed E-state index contributed by atoms with van der Waals surface area (Å²) in [4.78, 5) is 14.7. The minimum atomic E-state index is -0.746. The predicted octanol–water partition coefficient (Wildman–Crippen LogP) is 2.52.